The molecule has 0 atom stereocenters. The molecule has 3 N–H and O–H groups in total. The summed E-state index contributed by atoms with van der Waals surface area (Å²) in [5.74, 6) is -0.844. The van der Waals surface area contributed by atoms with Gasteiger partial charge in [-0.3, -0.25) is 0 Å². The molecule has 0 saturated heterocycles. The van der Waals surface area contributed by atoms with Crippen molar-refractivity contribution in [1.82, 2.24) is 0 Å². The summed E-state index contributed by atoms with van der Waals surface area (Å²) in [7, 11) is 0. The summed E-state index contributed by atoms with van der Waals surface area (Å²) < 4.78 is 0. The molecule has 0 aliphatic rings. The summed E-state index contributed by atoms with van der Waals surface area (Å²) in [5.41, 5.74) is 2.11. The predicted octanol–water partition coefficient (Wildman–Crippen LogP) is 3.14. The van der Waals surface area contributed by atoms with Crippen LogP contribution in [-0.4, -0.2) is 16.2 Å². The lowest BCUT2D eigenvalue weighted by Crippen LogP contribution is -2.01. The molecule has 2 rings (SSSR count). The number of hydrogen-bond acceptors (Lipinski definition) is 3. The van der Waals surface area contributed by atoms with Crippen LogP contribution in [-0.2, 0) is 0 Å². The second-order valence-corrected chi connectivity index (χ2v) is 3.98. The minimum Gasteiger partial charge on any atom is -0.506 e. The second-order valence-electron chi connectivity index (χ2n) is 3.98. The Morgan fingerprint density at radius 3 is 2.56 bits per heavy atom. The minimum atomic E-state index is -0.964. The van der Waals surface area contributed by atoms with E-state index in [9.17, 15) is 9.90 Å². The van der Waals surface area contributed by atoms with Crippen molar-refractivity contribution in [3.8, 4) is 5.75 Å². The van der Waals surface area contributed by atoms with E-state index in [1.807, 2.05) is 0 Å². The van der Waals surface area contributed by atoms with Crippen molar-refractivity contribution < 1.29 is 15.0 Å². The van der Waals surface area contributed by atoms with Gasteiger partial charge in [0, 0.05) is 5.69 Å². The Kier molecular flexibility index (Phi) is 3.19. The second kappa shape index (κ2) is 4.79. The Morgan fingerprint density at radius 2 is 1.89 bits per heavy atom. The lowest BCUT2D eigenvalue weighted by atomic mass is 10.1. The first-order chi connectivity index (χ1) is 8.58. The average molecular weight is 243 g/mol. The quantitative estimate of drug-likeness (QED) is 0.724. The highest BCUT2D eigenvalue weighted by Gasteiger charge is 2.08. The van der Waals surface area contributed by atoms with Crippen molar-refractivity contribution in [1.29, 1.82) is 0 Å². The number of phenolic OH excluding ortho intramolecular Hbond substituents is 1. The molecule has 0 fully saturated rings. The molecular weight excluding hydrogens is 230 g/mol. The van der Waals surface area contributed by atoms with Gasteiger partial charge in [-0.25, -0.2) is 4.79 Å². The monoisotopic (exact) mass is 243 g/mol. The number of para-hydroxylation sites is 2. The van der Waals surface area contributed by atoms with Crippen molar-refractivity contribution in [3.05, 3.63) is 53.6 Å². The molecule has 92 valence electrons. The molecule has 4 heteroatoms. The number of aryl methyl sites for hydroxylation is 1. The molecule has 0 radical (unpaired) electrons. The highest BCUT2D eigenvalue weighted by molar-refractivity contribution is 5.91. The number of aromatic carboxylic acids is 1. The van der Waals surface area contributed by atoms with Gasteiger partial charge < -0.3 is 15.5 Å². The normalized spacial score (nSPS) is 10.1. The number of hydrogen-bond donors (Lipinski definition) is 3. The lowest BCUT2D eigenvalue weighted by molar-refractivity contribution is 0.0696. The van der Waals surface area contributed by atoms with Crippen molar-refractivity contribution >= 4 is 17.3 Å². The van der Waals surface area contributed by atoms with Crippen LogP contribution in [0.3, 0.4) is 0 Å². The van der Waals surface area contributed by atoms with E-state index in [-0.39, 0.29) is 11.3 Å². The van der Waals surface area contributed by atoms with Crippen LogP contribution in [0.15, 0.2) is 42.5 Å². The third kappa shape index (κ3) is 2.43. The summed E-state index contributed by atoms with van der Waals surface area (Å²) in [6, 6.07) is 11.8. The van der Waals surface area contributed by atoms with Crippen LogP contribution in [0.25, 0.3) is 0 Å². The Morgan fingerprint density at radius 1 is 1.17 bits per heavy atom. The van der Waals surface area contributed by atoms with Gasteiger partial charge in [-0.2, -0.15) is 0 Å². The lowest BCUT2D eigenvalue weighted by Gasteiger charge is -2.10. The van der Waals surface area contributed by atoms with Gasteiger partial charge >= 0.3 is 5.97 Å². The third-order valence-corrected chi connectivity index (χ3v) is 2.65. The largest absolute Gasteiger partial charge is 0.506 e. The molecule has 0 aromatic heterocycles. The molecule has 0 unspecified atom stereocenters. The van der Waals surface area contributed by atoms with Crippen LogP contribution in [0.4, 0.5) is 11.4 Å². The summed E-state index contributed by atoms with van der Waals surface area (Å²) in [5, 5.41) is 21.6. The zero-order chi connectivity index (χ0) is 13.1. The summed E-state index contributed by atoms with van der Waals surface area (Å²) >= 11 is 0. The predicted molar refractivity (Wildman–Crippen MR) is 69.5 cm³/mol. The van der Waals surface area contributed by atoms with E-state index in [1.165, 1.54) is 0 Å². The number of nitrogens with one attached hydrogen (secondary N) is 1. The maximum absolute atomic E-state index is 11.0. The standard InChI is InChI=1S/C14H13NO3/c1-9-6-7-10(8-11(9)14(17)18)15-12-4-2-3-5-13(12)16/h2-8,15-16H,1H3,(H,17,18). The molecule has 2 aromatic carbocycles. The van der Waals surface area contributed by atoms with E-state index in [1.54, 1.807) is 49.4 Å². The molecule has 0 spiro atoms. The van der Waals surface area contributed by atoms with Crippen LogP contribution in [0.1, 0.15) is 15.9 Å². The van der Waals surface area contributed by atoms with Crippen molar-refractivity contribution in [3.63, 3.8) is 0 Å². The number of anilines is 2. The number of phenols is 1. The molecule has 0 bridgehead atoms. The highest BCUT2D eigenvalue weighted by Crippen LogP contribution is 2.26. The van der Waals surface area contributed by atoms with Gasteiger partial charge in [-0.1, -0.05) is 18.2 Å². The molecule has 0 aliphatic heterocycles. The zero-order valence-corrected chi connectivity index (χ0v) is 9.84. The van der Waals surface area contributed by atoms with E-state index in [4.69, 9.17) is 5.11 Å². The molecule has 0 aliphatic carbocycles. The third-order valence-electron chi connectivity index (χ3n) is 2.65. The minimum absolute atomic E-state index is 0.120. The van der Waals surface area contributed by atoms with Gasteiger partial charge in [0.25, 0.3) is 0 Å². The van der Waals surface area contributed by atoms with Crippen molar-refractivity contribution in [2.45, 2.75) is 6.92 Å². The van der Waals surface area contributed by atoms with Gasteiger partial charge in [-0.05, 0) is 36.8 Å². The topological polar surface area (TPSA) is 69.6 Å². The van der Waals surface area contributed by atoms with Gasteiger partial charge in [-0.15, -0.1) is 0 Å². The zero-order valence-electron chi connectivity index (χ0n) is 9.84. The Hall–Kier alpha value is -2.49. The molecule has 2 aromatic rings. The molecule has 4 nitrogen and oxygen atoms in total. The van der Waals surface area contributed by atoms with Crippen LogP contribution in [0, 0.1) is 6.92 Å². The molecule has 0 amide bonds. The number of rotatable bonds is 3. The van der Waals surface area contributed by atoms with Gasteiger partial charge in [0.15, 0.2) is 0 Å². The van der Waals surface area contributed by atoms with Crippen LogP contribution in [0.2, 0.25) is 0 Å². The average Bonchev–Trinajstić information content (AvgIpc) is 2.34. The van der Waals surface area contributed by atoms with E-state index < -0.39 is 5.97 Å². The van der Waals surface area contributed by atoms with E-state index in [2.05, 4.69) is 5.32 Å². The maximum atomic E-state index is 11.0. The fraction of sp³-hybridized carbons (Fsp3) is 0.0714. The first-order valence-electron chi connectivity index (χ1n) is 5.47. The van der Waals surface area contributed by atoms with E-state index in [0.29, 0.717) is 16.9 Å². The van der Waals surface area contributed by atoms with Gasteiger partial charge in [0.2, 0.25) is 0 Å². The van der Waals surface area contributed by atoms with Gasteiger partial charge in [0.1, 0.15) is 5.75 Å². The van der Waals surface area contributed by atoms with Crippen LogP contribution in [0.5, 0.6) is 5.75 Å². The van der Waals surface area contributed by atoms with Crippen LogP contribution < -0.4 is 5.32 Å². The number of carbonyl (C=O) groups is 1. The number of carboxylic acid groups (broad SMARTS) is 1. The summed E-state index contributed by atoms with van der Waals surface area (Å²) in [4.78, 5) is 11.0. The van der Waals surface area contributed by atoms with Crippen molar-refractivity contribution in [2.24, 2.45) is 0 Å². The Balaban J connectivity index is 2.33. The smallest absolute Gasteiger partial charge is 0.336 e. The number of aromatic hydroxyl groups is 1. The number of carboxylic acids is 1. The fourth-order valence-corrected chi connectivity index (χ4v) is 1.67. The Labute approximate surface area is 105 Å². The molecular formula is C14H13NO3. The highest BCUT2D eigenvalue weighted by atomic mass is 16.4. The first kappa shape index (κ1) is 12.0. The van der Waals surface area contributed by atoms with Gasteiger partial charge in [0.05, 0.1) is 11.3 Å². The SMILES string of the molecule is Cc1ccc(Nc2ccccc2O)cc1C(=O)O. The summed E-state index contributed by atoms with van der Waals surface area (Å²) in [6.07, 6.45) is 0. The van der Waals surface area contributed by atoms with E-state index >= 15 is 0 Å². The molecule has 0 heterocycles. The van der Waals surface area contributed by atoms with Crippen molar-refractivity contribution in [2.75, 3.05) is 5.32 Å². The molecule has 18 heavy (non-hydrogen) atoms. The first-order valence-corrected chi connectivity index (χ1v) is 5.47. The Bertz CT molecular complexity index is 593. The fourth-order valence-electron chi connectivity index (χ4n) is 1.67. The maximum Gasteiger partial charge on any atom is 0.336 e. The summed E-state index contributed by atoms with van der Waals surface area (Å²) in [6.45, 7) is 1.74. The number of benzene rings is 2. The van der Waals surface area contributed by atoms with E-state index in [0.717, 1.165) is 0 Å². The van der Waals surface area contributed by atoms with Crippen LogP contribution >= 0.6 is 0 Å². The molecule has 0 saturated carbocycles.